The molecule has 0 saturated heterocycles. The highest BCUT2D eigenvalue weighted by Gasteiger charge is 2.26. The second-order valence-corrected chi connectivity index (χ2v) is 7.74. The van der Waals surface area contributed by atoms with Gasteiger partial charge in [-0.25, -0.2) is 4.98 Å². The lowest BCUT2D eigenvalue weighted by molar-refractivity contribution is 0.0577. The molecular weight excluding hydrogens is 354 g/mol. The predicted octanol–water partition coefficient (Wildman–Crippen LogP) is 2.83. The lowest BCUT2D eigenvalue weighted by Crippen LogP contribution is -2.41. The number of aryl methyl sites for hydroxylation is 2. The average Bonchev–Trinajstić information content (AvgIpc) is 2.99. The van der Waals surface area contributed by atoms with E-state index in [1.165, 1.54) is 0 Å². The van der Waals surface area contributed by atoms with Crippen molar-refractivity contribution in [1.82, 2.24) is 19.5 Å². The molecule has 0 spiro atoms. The second kappa shape index (κ2) is 7.63. The van der Waals surface area contributed by atoms with Gasteiger partial charge in [0.2, 0.25) is 5.95 Å². The minimum absolute atomic E-state index is 0.182. The number of nitrogens with zero attached hydrogens (tertiary/aromatic N) is 4. The summed E-state index contributed by atoms with van der Waals surface area (Å²) in [6, 6.07) is 5.81. The van der Waals surface area contributed by atoms with E-state index < -0.39 is 5.60 Å². The van der Waals surface area contributed by atoms with Crippen LogP contribution in [0.15, 0.2) is 24.5 Å². The molecule has 8 nitrogen and oxygen atoms in total. The van der Waals surface area contributed by atoms with Gasteiger partial charge in [0.25, 0.3) is 0 Å². The first-order valence-electron chi connectivity index (χ1n) is 9.46. The Hall–Kier alpha value is -2.87. The first-order chi connectivity index (χ1) is 13.2. The molecule has 28 heavy (non-hydrogen) atoms. The summed E-state index contributed by atoms with van der Waals surface area (Å²) in [5.41, 5.74) is 9.49. The van der Waals surface area contributed by atoms with Crippen molar-refractivity contribution in [3.63, 3.8) is 0 Å². The van der Waals surface area contributed by atoms with Gasteiger partial charge in [-0.2, -0.15) is 9.97 Å². The van der Waals surface area contributed by atoms with Crippen LogP contribution in [0.3, 0.4) is 0 Å². The molecule has 1 atom stereocenters. The summed E-state index contributed by atoms with van der Waals surface area (Å²) in [5.74, 6) is 1.07. The van der Waals surface area contributed by atoms with Crippen LogP contribution in [-0.4, -0.2) is 36.3 Å². The standard InChI is InChI=1S/C20H29N7O/c1-6-15(20(3,4)28)24-19-25-17(16-18(26-19)27(5)11-23-16)22-10-13-8-7-12(2)9-14(13)21/h7-9,11,15,28H,6,10,21H2,1-5H3,(H2,22,24,25,26). The van der Waals surface area contributed by atoms with E-state index >= 15 is 0 Å². The van der Waals surface area contributed by atoms with Crippen LogP contribution in [0.25, 0.3) is 11.2 Å². The van der Waals surface area contributed by atoms with Crippen LogP contribution >= 0.6 is 0 Å². The Morgan fingerprint density at radius 3 is 2.68 bits per heavy atom. The molecule has 5 N–H and O–H groups in total. The maximum atomic E-state index is 10.4. The fourth-order valence-electron chi connectivity index (χ4n) is 3.18. The van der Waals surface area contributed by atoms with E-state index in [1.54, 1.807) is 20.2 Å². The molecule has 0 amide bonds. The van der Waals surface area contributed by atoms with Crippen LogP contribution in [-0.2, 0) is 13.6 Å². The molecule has 150 valence electrons. The molecule has 1 aromatic carbocycles. The Bertz CT molecular complexity index is 975. The molecule has 2 heterocycles. The van der Waals surface area contributed by atoms with E-state index in [9.17, 15) is 5.11 Å². The van der Waals surface area contributed by atoms with Crippen molar-refractivity contribution in [2.75, 3.05) is 16.4 Å². The number of hydrogen-bond donors (Lipinski definition) is 4. The Balaban J connectivity index is 1.92. The number of nitrogens with two attached hydrogens (primary N) is 1. The lowest BCUT2D eigenvalue weighted by atomic mass is 9.97. The zero-order valence-corrected chi connectivity index (χ0v) is 17.1. The fourth-order valence-corrected chi connectivity index (χ4v) is 3.18. The topological polar surface area (TPSA) is 114 Å². The normalized spacial score (nSPS) is 12.9. The van der Waals surface area contributed by atoms with Crippen LogP contribution in [0.2, 0.25) is 0 Å². The van der Waals surface area contributed by atoms with Crippen molar-refractivity contribution in [2.24, 2.45) is 7.05 Å². The number of hydrogen-bond acceptors (Lipinski definition) is 7. The summed E-state index contributed by atoms with van der Waals surface area (Å²) >= 11 is 0. The van der Waals surface area contributed by atoms with Gasteiger partial charge in [-0.1, -0.05) is 19.1 Å². The first kappa shape index (κ1) is 19.9. The van der Waals surface area contributed by atoms with Gasteiger partial charge in [0.15, 0.2) is 17.0 Å². The number of aromatic nitrogens is 4. The van der Waals surface area contributed by atoms with Crippen molar-refractivity contribution >= 4 is 28.6 Å². The Morgan fingerprint density at radius 2 is 2.04 bits per heavy atom. The van der Waals surface area contributed by atoms with Crippen LogP contribution in [0.5, 0.6) is 0 Å². The molecular formula is C20H29N7O. The molecule has 8 heteroatoms. The summed E-state index contributed by atoms with van der Waals surface area (Å²) in [5, 5.41) is 17.0. The van der Waals surface area contributed by atoms with Gasteiger partial charge < -0.3 is 26.0 Å². The zero-order chi connectivity index (χ0) is 20.5. The fraction of sp³-hybridized carbons (Fsp3) is 0.450. The highest BCUT2D eigenvalue weighted by Crippen LogP contribution is 2.24. The monoisotopic (exact) mass is 383 g/mol. The number of aliphatic hydroxyl groups is 1. The van der Waals surface area contributed by atoms with Crippen molar-refractivity contribution in [3.8, 4) is 0 Å². The minimum atomic E-state index is -0.899. The third-order valence-corrected chi connectivity index (χ3v) is 4.87. The molecule has 0 bridgehead atoms. The third kappa shape index (κ3) is 4.17. The van der Waals surface area contributed by atoms with Gasteiger partial charge in [0.1, 0.15) is 0 Å². The first-order valence-corrected chi connectivity index (χ1v) is 9.46. The molecule has 0 saturated carbocycles. The quantitative estimate of drug-likeness (QED) is 0.464. The van der Waals surface area contributed by atoms with Crippen LogP contribution in [0.1, 0.15) is 38.3 Å². The number of anilines is 3. The van der Waals surface area contributed by atoms with E-state index in [0.717, 1.165) is 23.2 Å². The van der Waals surface area contributed by atoms with Gasteiger partial charge in [-0.05, 0) is 44.4 Å². The molecule has 0 aliphatic rings. The summed E-state index contributed by atoms with van der Waals surface area (Å²) in [7, 11) is 1.89. The number of imidazole rings is 1. The second-order valence-electron chi connectivity index (χ2n) is 7.74. The van der Waals surface area contributed by atoms with Gasteiger partial charge in [0, 0.05) is 19.3 Å². The van der Waals surface area contributed by atoms with Crippen molar-refractivity contribution in [2.45, 2.75) is 52.3 Å². The smallest absolute Gasteiger partial charge is 0.227 e. The number of rotatable bonds is 7. The minimum Gasteiger partial charge on any atom is -0.398 e. The van der Waals surface area contributed by atoms with Gasteiger partial charge in [0.05, 0.1) is 18.0 Å². The van der Waals surface area contributed by atoms with E-state index in [0.29, 0.717) is 29.5 Å². The molecule has 0 fully saturated rings. The largest absolute Gasteiger partial charge is 0.398 e. The highest BCUT2D eigenvalue weighted by molar-refractivity contribution is 5.84. The summed E-state index contributed by atoms with van der Waals surface area (Å²) < 4.78 is 1.85. The van der Waals surface area contributed by atoms with E-state index in [1.807, 2.05) is 43.7 Å². The summed E-state index contributed by atoms with van der Waals surface area (Å²) in [4.78, 5) is 13.6. The van der Waals surface area contributed by atoms with Gasteiger partial charge in [-0.15, -0.1) is 0 Å². The molecule has 1 unspecified atom stereocenters. The Labute approximate surface area is 165 Å². The number of nitrogen functional groups attached to an aromatic ring is 1. The van der Waals surface area contributed by atoms with Gasteiger partial charge >= 0.3 is 0 Å². The zero-order valence-electron chi connectivity index (χ0n) is 17.1. The molecule has 2 aromatic heterocycles. The van der Waals surface area contributed by atoms with E-state index in [-0.39, 0.29) is 6.04 Å². The summed E-state index contributed by atoms with van der Waals surface area (Å²) in [6.07, 6.45) is 2.45. The van der Waals surface area contributed by atoms with E-state index in [2.05, 4.69) is 25.6 Å². The molecule has 3 rings (SSSR count). The number of nitrogens with one attached hydrogen (secondary N) is 2. The summed E-state index contributed by atoms with van der Waals surface area (Å²) in [6.45, 7) is 8.10. The maximum absolute atomic E-state index is 10.4. The van der Waals surface area contributed by atoms with Gasteiger partial charge in [-0.3, -0.25) is 0 Å². The van der Waals surface area contributed by atoms with Crippen LogP contribution < -0.4 is 16.4 Å². The average molecular weight is 384 g/mol. The third-order valence-electron chi connectivity index (χ3n) is 4.87. The number of benzene rings is 1. The van der Waals surface area contributed by atoms with Crippen molar-refractivity contribution in [1.29, 1.82) is 0 Å². The molecule has 3 aromatic rings. The number of fused-ring (bicyclic) bond motifs is 1. The SMILES string of the molecule is CCC(Nc1nc(NCc2ccc(C)cc2N)c2ncn(C)c2n1)C(C)(C)O. The van der Waals surface area contributed by atoms with Crippen molar-refractivity contribution < 1.29 is 5.11 Å². The Kier molecular flexibility index (Phi) is 5.42. The maximum Gasteiger partial charge on any atom is 0.227 e. The predicted molar refractivity (Wildman–Crippen MR) is 113 cm³/mol. The molecule has 0 aliphatic heterocycles. The van der Waals surface area contributed by atoms with Crippen molar-refractivity contribution in [3.05, 3.63) is 35.7 Å². The highest BCUT2D eigenvalue weighted by atomic mass is 16.3. The molecule has 0 radical (unpaired) electrons. The Morgan fingerprint density at radius 1 is 1.29 bits per heavy atom. The molecule has 0 aliphatic carbocycles. The van der Waals surface area contributed by atoms with Crippen LogP contribution in [0, 0.1) is 6.92 Å². The lowest BCUT2D eigenvalue weighted by Gasteiger charge is -2.29. The van der Waals surface area contributed by atoms with E-state index in [4.69, 9.17) is 5.73 Å². The van der Waals surface area contributed by atoms with Crippen LogP contribution in [0.4, 0.5) is 17.5 Å².